The molecule has 0 bridgehead atoms. The highest BCUT2D eigenvalue weighted by Crippen LogP contribution is 2.28. The molecule has 1 aliphatic rings. The number of carboxylic acid groups (broad SMARTS) is 1. The van der Waals surface area contributed by atoms with Gasteiger partial charge in [-0.3, -0.25) is 24.6 Å². The van der Waals surface area contributed by atoms with Gasteiger partial charge in [0.25, 0.3) is 5.69 Å². The van der Waals surface area contributed by atoms with Crippen molar-refractivity contribution in [3.63, 3.8) is 0 Å². The largest absolute Gasteiger partial charge is 0.480 e. The molecule has 1 saturated heterocycles. The van der Waals surface area contributed by atoms with E-state index in [0.717, 1.165) is 5.56 Å². The van der Waals surface area contributed by atoms with Crippen molar-refractivity contribution >= 4 is 29.6 Å². The lowest BCUT2D eigenvalue weighted by atomic mass is 9.88. The molecule has 2 aromatic rings. The zero-order chi connectivity index (χ0) is 27.7. The van der Waals surface area contributed by atoms with Crippen LogP contribution in [0.4, 0.5) is 10.5 Å². The van der Waals surface area contributed by atoms with Crippen LogP contribution in [0.15, 0.2) is 54.6 Å². The maximum atomic E-state index is 13.2. The van der Waals surface area contributed by atoms with E-state index in [-0.39, 0.29) is 25.4 Å². The van der Waals surface area contributed by atoms with Crippen molar-refractivity contribution in [1.29, 1.82) is 0 Å². The monoisotopic (exact) mass is 527 g/mol. The van der Waals surface area contributed by atoms with Crippen LogP contribution in [0, 0.1) is 10.1 Å². The van der Waals surface area contributed by atoms with Crippen LogP contribution in [0.3, 0.4) is 0 Å². The van der Waals surface area contributed by atoms with Gasteiger partial charge in [-0.1, -0.05) is 42.5 Å². The van der Waals surface area contributed by atoms with E-state index < -0.39 is 53.3 Å². The van der Waals surface area contributed by atoms with Crippen LogP contribution >= 0.6 is 0 Å². The first-order valence-corrected chi connectivity index (χ1v) is 12.1. The first-order valence-electron chi connectivity index (χ1n) is 12.1. The first-order chi connectivity index (χ1) is 18.2. The van der Waals surface area contributed by atoms with Crippen molar-refractivity contribution < 1.29 is 38.7 Å². The number of carbonyl (C=O) groups is 4. The number of ether oxygens (including phenoxy) is 2. The number of nitrogens with one attached hydrogen (secondary N) is 1. The predicted molar refractivity (Wildman–Crippen MR) is 133 cm³/mol. The number of aliphatic carboxylic acids is 1. The Hall–Kier alpha value is -4.48. The van der Waals surface area contributed by atoms with Gasteiger partial charge in [0.05, 0.1) is 18.0 Å². The number of likely N-dealkylation sites (tertiary alicyclic amines) is 1. The number of carboxylic acids is 1. The average molecular weight is 528 g/mol. The molecule has 12 nitrogen and oxygen atoms in total. The molecule has 0 saturated carbocycles. The number of nitro benzene ring substituents is 1. The van der Waals surface area contributed by atoms with E-state index in [1.54, 1.807) is 31.2 Å². The Morgan fingerprint density at radius 1 is 1.11 bits per heavy atom. The summed E-state index contributed by atoms with van der Waals surface area (Å²) in [5.41, 5.74) is 0.856. The van der Waals surface area contributed by atoms with Gasteiger partial charge in [0, 0.05) is 24.6 Å². The second kappa shape index (κ2) is 13.2. The molecule has 0 spiro atoms. The molecule has 1 fully saturated rings. The molecule has 0 aliphatic carbocycles. The maximum Gasteiger partial charge on any atom is 0.410 e. The van der Waals surface area contributed by atoms with Crippen molar-refractivity contribution in [2.45, 2.75) is 50.8 Å². The molecule has 2 aromatic carbocycles. The second-order valence-corrected chi connectivity index (χ2v) is 8.68. The Morgan fingerprint density at radius 3 is 2.39 bits per heavy atom. The number of rotatable bonds is 11. The Kier molecular flexibility index (Phi) is 9.74. The molecular formula is C26H29N3O9. The topological polar surface area (TPSA) is 165 Å². The standard InChI is InChI=1S/C26H29N3O9/c1-2-37-22(30)15-20(18-10-12-19(13-11-18)29(35)36)23(25(32)33)27-24(31)21-9-6-14-28(21)26(34)38-16-17-7-4-3-5-8-17/h3-5,7-8,10-13,20-21,23H,2,6,9,14-16H2,1H3,(H,27,31)(H,32,33)/t20-,21-,23+/m1/s1. The molecule has 3 atom stereocenters. The summed E-state index contributed by atoms with van der Waals surface area (Å²) in [5, 5.41) is 23.5. The van der Waals surface area contributed by atoms with Crippen LogP contribution in [0.25, 0.3) is 0 Å². The molecular weight excluding hydrogens is 498 g/mol. The summed E-state index contributed by atoms with van der Waals surface area (Å²) in [7, 11) is 0. The lowest BCUT2D eigenvalue weighted by molar-refractivity contribution is -0.384. The second-order valence-electron chi connectivity index (χ2n) is 8.68. The summed E-state index contributed by atoms with van der Waals surface area (Å²) in [4.78, 5) is 62.2. The van der Waals surface area contributed by atoms with Crippen LogP contribution in [0.2, 0.25) is 0 Å². The van der Waals surface area contributed by atoms with Gasteiger partial charge in [0.1, 0.15) is 18.7 Å². The number of non-ortho nitro benzene ring substituents is 1. The molecule has 2 amide bonds. The third-order valence-electron chi connectivity index (χ3n) is 6.19. The highest BCUT2D eigenvalue weighted by atomic mass is 16.6. The molecule has 202 valence electrons. The number of nitrogens with zero attached hydrogens (tertiary/aromatic N) is 2. The lowest BCUT2D eigenvalue weighted by Crippen LogP contribution is -2.53. The van der Waals surface area contributed by atoms with Gasteiger partial charge >= 0.3 is 18.0 Å². The molecule has 1 aliphatic heterocycles. The number of carbonyl (C=O) groups excluding carboxylic acids is 3. The summed E-state index contributed by atoms with van der Waals surface area (Å²) < 4.78 is 10.3. The quantitative estimate of drug-likeness (QED) is 0.254. The minimum atomic E-state index is -1.57. The van der Waals surface area contributed by atoms with Crippen LogP contribution in [0.1, 0.15) is 43.2 Å². The number of benzene rings is 2. The number of amides is 2. The third-order valence-corrected chi connectivity index (χ3v) is 6.19. The van der Waals surface area contributed by atoms with Crippen molar-refractivity contribution in [2.24, 2.45) is 0 Å². The van der Waals surface area contributed by atoms with Crippen molar-refractivity contribution in [1.82, 2.24) is 10.2 Å². The van der Waals surface area contributed by atoms with Crippen molar-refractivity contribution in [3.8, 4) is 0 Å². The minimum absolute atomic E-state index is 0.0179. The van der Waals surface area contributed by atoms with Gasteiger partial charge in [0.2, 0.25) is 5.91 Å². The van der Waals surface area contributed by atoms with Crippen molar-refractivity contribution in [3.05, 3.63) is 75.8 Å². The zero-order valence-electron chi connectivity index (χ0n) is 20.8. The van der Waals surface area contributed by atoms with Gasteiger partial charge in [-0.25, -0.2) is 9.59 Å². The fourth-order valence-corrected chi connectivity index (χ4v) is 4.31. The van der Waals surface area contributed by atoms with Crippen molar-refractivity contribution in [2.75, 3.05) is 13.2 Å². The normalized spacial score (nSPS) is 16.2. The Bertz CT molecular complexity index is 1150. The maximum absolute atomic E-state index is 13.2. The summed E-state index contributed by atoms with van der Waals surface area (Å²) in [6.07, 6.45) is -0.267. The molecule has 38 heavy (non-hydrogen) atoms. The zero-order valence-corrected chi connectivity index (χ0v) is 20.8. The fraction of sp³-hybridized carbons (Fsp3) is 0.385. The SMILES string of the molecule is CCOC(=O)C[C@H](c1ccc([N+](=O)[O-])cc1)[C@H](NC(=O)[C@H]1CCCN1C(=O)OCc1ccccc1)C(=O)O. The highest BCUT2D eigenvalue weighted by molar-refractivity contribution is 5.90. The fourth-order valence-electron chi connectivity index (χ4n) is 4.31. The van der Waals surface area contributed by atoms with E-state index in [1.165, 1.54) is 29.2 Å². The smallest absolute Gasteiger partial charge is 0.410 e. The molecule has 0 unspecified atom stereocenters. The summed E-state index contributed by atoms with van der Waals surface area (Å²) in [6, 6.07) is 11.6. The molecule has 2 N–H and O–H groups in total. The Labute approximate surface area is 218 Å². The average Bonchev–Trinajstić information content (AvgIpc) is 3.40. The molecule has 12 heteroatoms. The van der Waals surface area contributed by atoms with E-state index in [9.17, 15) is 34.4 Å². The number of esters is 1. The highest BCUT2D eigenvalue weighted by Gasteiger charge is 2.39. The first kappa shape index (κ1) is 28.1. The summed E-state index contributed by atoms with van der Waals surface area (Å²) in [6.45, 7) is 1.95. The number of hydrogen-bond donors (Lipinski definition) is 2. The third kappa shape index (κ3) is 7.28. The molecule has 0 radical (unpaired) electrons. The van der Waals surface area contributed by atoms with Gasteiger partial charge in [-0.2, -0.15) is 0 Å². The molecule has 1 heterocycles. The Morgan fingerprint density at radius 2 is 1.79 bits per heavy atom. The van der Waals surface area contributed by atoms with Crippen LogP contribution in [0.5, 0.6) is 0 Å². The van der Waals surface area contributed by atoms with Crippen LogP contribution in [-0.4, -0.2) is 64.1 Å². The van der Waals surface area contributed by atoms with Gasteiger partial charge in [-0.05, 0) is 30.9 Å². The predicted octanol–water partition coefficient (Wildman–Crippen LogP) is 3.00. The van der Waals surface area contributed by atoms with E-state index in [4.69, 9.17) is 9.47 Å². The Balaban J connectivity index is 1.77. The number of nitro groups is 1. The van der Waals surface area contributed by atoms with Gasteiger partial charge in [0.15, 0.2) is 0 Å². The van der Waals surface area contributed by atoms with E-state index in [0.29, 0.717) is 18.4 Å². The summed E-state index contributed by atoms with van der Waals surface area (Å²) >= 11 is 0. The van der Waals surface area contributed by atoms with E-state index in [2.05, 4.69) is 5.32 Å². The number of hydrogen-bond acceptors (Lipinski definition) is 8. The van der Waals surface area contributed by atoms with Gasteiger partial charge < -0.3 is 19.9 Å². The minimum Gasteiger partial charge on any atom is -0.480 e. The summed E-state index contributed by atoms with van der Waals surface area (Å²) in [5.74, 6) is -3.90. The molecule has 3 rings (SSSR count). The lowest BCUT2D eigenvalue weighted by Gasteiger charge is -2.28. The van der Waals surface area contributed by atoms with Gasteiger partial charge in [-0.15, -0.1) is 0 Å². The van der Waals surface area contributed by atoms with E-state index in [1.807, 2.05) is 6.07 Å². The van der Waals surface area contributed by atoms with E-state index >= 15 is 0 Å². The van der Waals surface area contributed by atoms with Crippen LogP contribution < -0.4 is 5.32 Å². The van der Waals surface area contributed by atoms with Crippen LogP contribution in [-0.2, 0) is 30.5 Å². The molecule has 0 aromatic heterocycles.